The Morgan fingerprint density at radius 2 is 1.78 bits per heavy atom. The molecule has 1 aliphatic heterocycles. The van der Waals surface area contributed by atoms with Crippen LogP contribution in [-0.4, -0.2) is 30.1 Å². The van der Waals surface area contributed by atoms with Crippen molar-refractivity contribution in [2.24, 2.45) is 23.0 Å². The Morgan fingerprint density at radius 1 is 1.17 bits per heavy atom. The number of nitrogens with two attached hydrogens (primary N) is 1. The summed E-state index contributed by atoms with van der Waals surface area (Å²) < 4.78 is 0. The molecule has 2 rings (SSSR count). The van der Waals surface area contributed by atoms with Gasteiger partial charge in [-0.3, -0.25) is 0 Å². The number of rotatable bonds is 2. The van der Waals surface area contributed by atoms with Crippen molar-refractivity contribution >= 4 is 0 Å². The number of hydrogen-bond donors (Lipinski definition) is 1. The molecule has 2 fully saturated rings. The molecular formula is C16H32N2. The van der Waals surface area contributed by atoms with Crippen LogP contribution in [-0.2, 0) is 0 Å². The summed E-state index contributed by atoms with van der Waals surface area (Å²) in [6.07, 6.45) is 6.82. The van der Waals surface area contributed by atoms with Crippen LogP contribution in [0.5, 0.6) is 0 Å². The first kappa shape index (κ1) is 14.3. The number of piperidine rings is 1. The van der Waals surface area contributed by atoms with E-state index in [1.165, 1.54) is 45.2 Å². The zero-order valence-corrected chi connectivity index (χ0v) is 12.8. The van der Waals surface area contributed by atoms with E-state index in [-0.39, 0.29) is 0 Å². The normalized spacial score (nSPS) is 36.5. The maximum Gasteiger partial charge on any atom is 0.0103 e. The summed E-state index contributed by atoms with van der Waals surface area (Å²) in [5, 5.41) is 0. The van der Waals surface area contributed by atoms with Crippen molar-refractivity contribution < 1.29 is 0 Å². The van der Waals surface area contributed by atoms with Crippen molar-refractivity contribution in [2.75, 3.05) is 13.1 Å². The molecule has 1 aliphatic carbocycles. The monoisotopic (exact) mass is 252 g/mol. The van der Waals surface area contributed by atoms with Gasteiger partial charge in [0.1, 0.15) is 0 Å². The summed E-state index contributed by atoms with van der Waals surface area (Å²) >= 11 is 0. The topological polar surface area (TPSA) is 29.3 Å². The summed E-state index contributed by atoms with van der Waals surface area (Å²) in [6, 6.07) is 1.21. The van der Waals surface area contributed by atoms with E-state index in [4.69, 9.17) is 5.73 Å². The highest BCUT2D eigenvalue weighted by atomic mass is 15.2. The lowest BCUT2D eigenvalue weighted by Crippen LogP contribution is -2.48. The van der Waals surface area contributed by atoms with Gasteiger partial charge in [0.2, 0.25) is 0 Å². The van der Waals surface area contributed by atoms with Gasteiger partial charge in [-0.05, 0) is 69.4 Å². The van der Waals surface area contributed by atoms with E-state index in [9.17, 15) is 0 Å². The van der Waals surface area contributed by atoms with Crippen molar-refractivity contribution in [3.63, 3.8) is 0 Å². The molecular weight excluding hydrogens is 220 g/mol. The third-order valence-electron chi connectivity index (χ3n) is 5.20. The largest absolute Gasteiger partial charge is 0.328 e. The molecule has 3 atom stereocenters. The van der Waals surface area contributed by atoms with Crippen molar-refractivity contribution in [2.45, 2.75) is 71.9 Å². The molecule has 1 saturated heterocycles. The zero-order chi connectivity index (χ0) is 13.3. The van der Waals surface area contributed by atoms with Gasteiger partial charge in [0.05, 0.1) is 0 Å². The van der Waals surface area contributed by atoms with Crippen LogP contribution < -0.4 is 5.73 Å². The lowest BCUT2D eigenvalue weighted by molar-refractivity contribution is 0.0420. The molecule has 0 aromatic heterocycles. The van der Waals surface area contributed by atoms with Gasteiger partial charge >= 0.3 is 0 Å². The van der Waals surface area contributed by atoms with Gasteiger partial charge in [-0.25, -0.2) is 0 Å². The number of likely N-dealkylation sites (tertiary alicyclic amines) is 1. The first-order chi connectivity index (χ1) is 8.37. The van der Waals surface area contributed by atoms with Crippen LogP contribution in [0.2, 0.25) is 0 Å². The van der Waals surface area contributed by atoms with Crippen LogP contribution in [0.1, 0.15) is 59.8 Å². The highest BCUT2D eigenvalue weighted by molar-refractivity contribution is 4.90. The molecule has 106 valence electrons. The van der Waals surface area contributed by atoms with Gasteiger partial charge in [-0.1, -0.05) is 20.8 Å². The van der Waals surface area contributed by atoms with Gasteiger partial charge in [0.15, 0.2) is 0 Å². The molecule has 0 aromatic rings. The highest BCUT2D eigenvalue weighted by Gasteiger charge is 2.36. The van der Waals surface area contributed by atoms with Crippen LogP contribution >= 0.6 is 0 Å². The minimum Gasteiger partial charge on any atom is -0.328 e. The Morgan fingerprint density at radius 3 is 2.28 bits per heavy atom. The standard InChI is InChI=1S/C16H32N2/c1-12-9-15(11-16(3,4)10-12)18-7-5-14(6-8-18)13(2)17/h12-15H,5-11,17H2,1-4H3. The van der Waals surface area contributed by atoms with Gasteiger partial charge in [0.25, 0.3) is 0 Å². The summed E-state index contributed by atoms with van der Waals surface area (Å²) in [5.74, 6) is 1.65. The SMILES string of the molecule is CC1CC(N2CCC(C(C)N)CC2)CC(C)(C)C1. The Labute approximate surface area is 113 Å². The molecule has 2 heteroatoms. The fraction of sp³-hybridized carbons (Fsp3) is 1.00. The zero-order valence-electron chi connectivity index (χ0n) is 12.8. The lowest BCUT2D eigenvalue weighted by atomic mass is 9.70. The van der Waals surface area contributed by atoms with Crippen molar-refractivity contribution in [3.05, 3.63) is 0 Å². The van der Waals surface area contributed by atoms with Crippen molar-refractivity contribution in [1.29, 1.82) is 0 Å². The lowest BCUT2D eigenvalue weighted by Gasteiger charge is -2.46. The van der Waals surface area contributed by atoms with E-state index in [0.29, 0.717) is 11.5 Å². The maximum absolute atomic E-state index is 6.04. The summed E-state index contributed by atoms with van der Waals surface area (Å²) in [4.78, 5) is 2.76. The molecule has 0 amide bonds. The van der Waals surface area contributed by atoms with E-state index in [0.717, 1.165) is 17.9 Å². The highest BCUT2D eigenvalue weighted by Crippen LogP contribution is 2.41. The van der Waals surface area contributed by atoms with Crippen LogP contribution in [0.4, 0.5) is 0 Å². The molecule has 18 heavy (non-hydrogen) atoms. The van der Waals surface area contributed by atoms with Crippen LogP contribution in [0, 0.1) is 17.3 Å². The molecule has 0 aromatic carbocycles. The van der Waals surface area contributed by atoms with E-state index >= 15 is 0 Å². The van der Waals surface area contributed by atoms with Gasteiger partial charge in [-0.2, -0.15) is 0 Å². The second-order valence-electron chi connectivity index (χ2n) is 7.80. The Hall–Kier alpha value is -0.0800. The van der Waals surface area contributed by atoms with Gasteiger partial charge in [-0.15, -0.1) is 0 Å². The molecule has 2 N–H and O–H groups in total. The van der Waals surface area contributed by atoms with E-state index < -0.39 is 0 Å². The van der Waals surface area contributed by atoms with Crippen LogP contribution in [0.3, 0.4) is 0 Å². The van der Waals surface area contributed by atoms with Gasteiger partial charge < -0.3 is 10.6 Å². The Kier molecular flexibility index (Phi) is 4.38. The summed E-state index contributed by atoms with van der Waals surface area (Å²) in [7, 11) is 0. The third kappa shape index (κ3) is 3.48. The molecule has 0 radical (unpaired) electrons. The molecule has 2 aliphatic rings. The van der Waals surface area contributed by atoms with Crippen LogP contribution in [0.25, 0.3) is 0 Å². The predicted octanol–water partition coefficient (Wildman–Crippen LogP) is 3.26. The first-order valence-corrected chi connectivity index (χ1v) is 7.87. The molecule has 0 bridgehead atoms. The van der Waals surface area contributed by atoms with Crippen molar-refractivity contribution in [1.82, 2.24) is 4.90 Å². The minimum atomic E-state index is 0.383. The Bertz CT molecular complexity index is 264. The van der Waals surface area contributed by atoms with Crippen molar-refractivity contribution in [3.8, 4) is 0 Å². The predicted molar refractivity (Wildman–Crippen MR) is 78.5 cm³/mol. The maximum atomic E-state index is 6.04. The second-order valence-corrected chi connectivity index (χ2v) is 7.80. The molecule has 1 saturated carbocycles. The summed E-state index contributed by atoms with van der Waals surface area (Å²) in [5.41, 5.74) is 6.58. The molecule has 3 unspecified atom stereocenters. The van der Waals surface area contributed by atoms with E-state index in [1.54, 1.807) is 0 Å². The quantitative estimate of drug-likeness (QED) is 0.817. The number of hydrogen-bond acceptors (Lipinski definition) is 2. The fourth-order valence-corrected chi connectivity index (χ4v) is 4.38. The van der Waals surface area contributed by atoms with E-state index in [2.05, 4.69) is 32.6 Å². The minimum absolute atomic E-state index is 0.383. The third-order valence-corrected chi connectivity index (χ3v) is 5.20. The molecule has 2 nitrogen and oxygen atoms in total. The Balaban J connectivity index is 1.89. The smallest absolute Gasteiger partial charge is 0.0103 e. The molecule has 0 spiro atoms. The molecule has 1 heterocycles. The number of nitrogens with zero attached hydrogens (tertiary/aromatic N) is 1. The summed E-state index contributed by atoms with van der Waals surface area (Å²) in [6.45, 7) is 12.1. The average molecular weight is 252 g/mol. The van der Waals surface area contributed by atoms with Crippen LogP contribution in [0.15, 0.2) is 0 Å². The van der Waals surface area contributed by atoms with Gasteiger partial charge in [0, 0.05) is 12.1 Å². The second kappa shape index (κ2) is 5.50. The first-order valence-electron chi connectivity index (χ1n) is 7.87. The average Bonchev–Trinajstić information content (AvgIpc) is 2.26. The fourth-order valence-electron chi connectivity index (χ4n) is 4.38. The van der Waals surface area contributed by atoms with E-state index in [1.807, 2.05) is 0 Å².